The Balaban J connectivity index is 2.36. The molecule has 0 aliphatic heterocycles. The standard InChI is InChI=1S/C11H16N4O2S2/c1-8-7-18-9(6-12-2)11(8)19(16,17)14-10-4-5-15(3)13-10/h4-5,7,12H,6H2,1-3H3,(H,13,14). The molecule has 2 aromatic heterocycles. The Morgan fingerprint density at radius 3 is 2.79 bits per heavy atom. The molecule has 6 nitrogen and oxygen atoms in total. The zero-order chi connectivity index (χ0) is 14.0. The average Bonchev–Trinajstić information content (AvgIpc) is 2.86. The van der Waals surface area contributed by atoms with E-state index in [0.717, 1.165) is 10.4 Å². The normalized spacial score (nSPS) is 11.7. The van der Waals surface area contributed by atoms with E-state index in [1.165, 1.54) is 11.3 Å². The van der Waals surface area contributed by atoms with Crippen molar-refractivity contribution in [3.05, 3.63) is 28.1 Å². The fourth-order valence-corrected chi connectivity index (χ4v) is 4.61. The molecule has 0 radical (unpaired) electrons. The Morgan fingerprint density at radius 2 is 2.21 bits per heavy atom. The average molecular weight is 300 g/mol. The van der Waals surface area contributed by atoms with Gasteiger partial charge in [0.2, 0.25) is 0 Å². The lowest BCUT2D eigenvalue weighted by Gasteiger charge is -2.08. The second kappa shape index (κ2) is 5.32. The molecule has 0 amide bonds. The molecule has 104 valence electrons. The lowest BCUT2D eigenvalue weighted by Crippen LogP contribution is -2.17. The van der Waals surface area contributed by atoms with Gasteiger partial charge in [-0.1, -0.05) is 0 Å². The SMILES string of the molecule is CNCc1scc(C)c1S(=O)(=O)Nc1ccn(C)n1. The number of anilines is 1. The smallest absolute Gasteiger partial charge is 0.264 e. The van der Waals surface area contributed by atoms with Crippen LogP contribution >= 0.6 is 11.3 Å². The molecule has 0 aliphatic carbocycles. The summed E-state index contributed by atoms with van der Waals surface area (Å²) < 4.78 is 28.9. The van der Waals surface area contributed by atoms with Crippen LogP contribution in [0.4, 0.5) is 5.82 Å². The molecule has 8 heteroatoms. The van der Waals surface area contributed by atoms with Crippen LogP contribution in [0.5, 0.6) is 0 Å². The van der Waals surface area contributed by atoms with Gasteiger partial charge in [0.25, 0.3) is 10.0 Å². The minimum Gasteiger partial charge on any atom is -0.315 e. The Kier molecular flexibility index (Phi) is 3.93. The van der Waals surface area contributed by atoms with Crippen molar-refractivity contribution in [1.29, 1.82) is 0 Å². The summed E-state index contributed by atoms with van der Waals surface area (Å²) in [6.07, 6.45) is 1.69. The largest absolute Gasteiger partial charge is 0.315 e. The first-order chi connectivity index (χ1) is 8.94. The quantitative estimate of drug-likeness (QED) is 0.873. The van der Waals surface area contributed by atoms with Gasteiger partial charge in [-0.2, -0.15) is 5.10 Å². The van der Waals surface area contributed by atoms with Gasteiger partial charge in [-0.3, -0.25) is 9.40 Å². The third-order valence-electron chi connectivity index (χ3n) is 2.55. The topological polar surface area (TPSA) is 76.0 Å². The van der Waals surface area contributed by atoms with Crippen molar-refractivity contribution in [2.75, 3.05) is 11.8 Å². The number of hydrogen-bond acceptors (Lipinski definition) is 5. The summed E-state index contributed by atoms with van der Waals surface area (Å²) in [5, 5.41) is 8.85. The molecular formula is C11H16N4O2S2. The number of rotatable bonds is 5. The fourth-order valence-electron chi connectivity index (χ4n) is 1.79. The summed E-state index contributed by atoms with van der Waals surface area (Å²) >= 11 is 1.44. The molecule has 0 fully saturated rings. The van der Waals surface area contributed by atoms with Gasteiger partial charge in [-0.25, -0.2) is 8.42 Å². The predicted octanol–water partition coefficient (Wildman–Crippen LogP) is 1.31. The lowest BCUT2D eigenvalue weighted by molar-refractivity contribution is 0.599. The number of aromatic nitrogens is 2. The van der Waals surface area contributed by atoms with E-state index in [2.05, 4.69) is 15.1 Å². The van der Waals surface area contributed by atoms with E-state index in [0.29, 0.717) is 17.3 Å². The maximum absolute atomic E-state index is 12.4. The number of sulfonamides is 1. The molecule has 2 N–H and O–H groups in total. The van der Waals surface area contributed by atoms with Gasteiger partial charge in [0.15, 0.2) is 5.82 Å². The van der Waals surface area contributed by atoms with Crippen LogP contribution in [0.1, 0.15) is 10.4 Å². The van der Waals surface area contributed by atoms with Gasteiger partial charge in [-0.15, -0.1) is 11.3 Å². The summed E-state index contributed by atoms with van der Waals surface area (Å²) in [4.78, 5) is 1.14. The van der Waals surface area contributed by atoms with Crippen molar-refractivity contribution in [2.45, 2.75) is 18.4 Å². The summed E-state index contributed by atoms with van der Waals surface area (Å²) in [5.74, 6) is 0.323. The Labute approximate surface area is 116 Å². The maximum atomic E-state index is 12.4. The molecular weight excluding hydrogens is 284 g/mol. The molecule has 0 spiro atoms. The van der Waals surface area contributed by atoms with E-state index in [1.54, 1.807) is 38.0 Å². The van der Waals surface area contributed by atoms with Gasteiger partial charge in [-0.05, 0) is 24.9 Å². The first-order valence-corrected chi connectivity index (χ1v) is 8.04. The highest BCUT2D eigenvalue weighted by Crippen LogP contribution is 2.28. The molecule has 0 saturated carbocycles. The molecule has 2 heterocycles. The van der Waals surface area contributed by atoms with E-state index in [-0.39, 0.29) is 0 Å². The number of thiophene rings is 1. The lowest BCUT2D eigenvalue weighted by atomic mass is 10.3. The fraction of sp³-hybridized carbons (Fsp3) is 0.364. The molecule has 0 bridgehead atoms. The van der Waals surface area contributed by atoms with Crippen LogP contribution in [-0.4, -0.2) is 25.2 Å². The third-order valence-corrected chi connectivity index (χ3v) is 5.37. The van der Waals surface area contributed by atoms with Gasteiger partial charge in [0, 0.05) is 30.7 Å². The Hall–Kier alpha value is -1.38. The molecule has 2 aromatic rings. The monoisotopic (exact) mass is 300 g/mol. The highest BCUT2D eigenvalue weighted by molar-refractivity contribution is 7.93. The molecule has 19 heavy (non-hydrogen) atoms. The summed E-state index contributed by atoms with van der Waals surface area (Å²) in [5.41, 5.74) is 0.749. The minimum absolute atomic E-state index is 0.323. The van der Waals surface area contributed by atoms with Crippen molar-refractivity contribution in [3.63, 3.8) is 0 Å². The van der Waals surface area contributed by atoms with E-state index in [1.807, 2.05) is 5.38 Å². The predicted molar refractivity (Wildman–Crippen MR) is 75.8 cm³/mol. The van der Waals surface area contributed by atoms with E-state index >= 15 is 0 Å². The molecule has 0 aliphatic rings. The number of nitrogens with one attached hydrogen (secondary N) is 2. The summed E-state index contributed by atoms with van der Waals surface area (Å²) in [6.45, 7) is 2.32. The van der Waals surface area contributed by atoms with Crippen LogP contribution in [0.2, 0.25) is 0 Å². The van der Waals surface area contributed by atoms with Crippen LogP contribution in [0.15, 0.2) is 22.5 Å². The van der Waals surface area contributed by atoms with Crippen LogP contribution in [0.25, 0.3) is 0 Å². The van der Waals surface area contributed by atoms with Crippen LogP contribution in [-0.2, 0) is 23.6 Å². The highest BCUT2D eigenvalue weighted by Gasteiger charge is 2.23. The van der Waals surface area contributed by atoms with Gasteiger partial charge in [0.05, 0.1) is 0 Å². The Morgan fingerprint density at radius 1 is 1.47 bits per heavy atom. The second-order valence-corrected chi connectivity index (χ2v) is 6.76. The molecule has 0 unspecified atom stereocenters. The second-order valence-electron chi connectivity index (χ2n) is 4.18. The van der Waals surface area contributed by atoms with Crippen molar-refractivity contribution < 1.29 is 8.42 Å². The van der Waals surface area contributed by atoms with Crippen molar-refractivity contribution in [2.24, 2.45) is 7.05 Å². The zero-order valence-electron chi connectivity index (χ0n) is 11.0. The van der Waals surface area contributed by atoms with Gasteiger partial charge in [0.1, 0.15) is 4.90 Å². The van der Waals surface area contributed by atoms with Crippen LogP contribution in [0, 0.1) is 6.92 Å². The van der Waals surface area contributed by atoms with Crippen molar-refractivity contribution >= 4 is 27.2 Å². The molecule has 0 saturated heterocycles. The van der Waals surface area contributed by atoms with Crippen molar-refractivity contribution in [1.82, 2.24) is 15.1 Å². The van der Waals surface area contributed by atoms with Crippen LogP contribution in [0.3, 0.4) is 0 Å². The minimum atomic E-state index is -3.60. The van der Waals surface area contributed by atoms with Gasteiger partial charge >= 0.3 is 0 Å². The van der Waals surface area contributed by atoms with Crippen LogP contribution < -0.4 is 10.0 Å². The number of nitrogens with zero attached hydrogens (tertiary/aromatic N) is 2. The Bertz CT molecular complexity index is 673. The molecule has 0 atom stereocenters. The number of hydrogen-bond donors (Lipinski definition) is 2. The molecule has 0 aromatic carbocycles. The highest BCUT2D eigenvalue weighted by atomic mass is 32.2. The molecule has 2 rings (SSSR count). The first kappa shape index (κ1) is 14.0. The number of aryl methyl sites for hydroxylation is 2. The summed E-state index contributed by atoms with van der Waals surface area (Å²) in [6, 6.07) is 1.62. The summed E-state index contributed by atoms with van der Waals surface area (Å²) in [7, 11) is -0.0701. The van der Waals surface area contributed by atoms with Gasteiger partial charge < -0.3 is 5.32 Å². The van der Waals surface area contributed by atoms with E-state index in [4.69, 9.17) is 0 Å². The van der Waals surface area contributed by atoms with E-state index in [9.17, 15) is 8.42 Å². The zero-order valence-corrected chi connectivity index (χ0v) is 12.6. The third kappa shape index (κ3) is 2.96. The van der Waals surface area contributed by atoms with Crippen molar-refractivity contribution in [3.8, 4) is 0 Å². The maximum Gasteiger partial charge on any atom is 0.264 e. The van der Waals surface area contributed by atoms with E-state index < -0.39 is 10.0 Å². The first-order valence-electron chi connectivity index (χ1n) is 5.68.